The van der Waals surface area contributed by atoms with E-state index in [9.17, 15) is 14.7 Å². The highest BCUT2D eigenvalue weighted by Crippen LogP contribution is 2.41. The van der Waals surface area contributed by atoms with Crippen molar-refractivity contribution in [2.75, 3.05) is 34.0 Å². The first-order valence-electron chi connectivity index (χ1n) is 11.0. The predicted octanol–water partition coefficient (Wildman–Crippen LogP) is 3.73. The second-order valence-electron chi connectivity index (χ2n) is 7.69. The van der Waals surface area contributed by atoms with Gasteiger partial charge >= 0.3 is 0 Å². The first-order chi connectivity index (χ1) is 16.0. The largest absolute Gasteiger partial charge is 0.507 e. The topological polar surface area (TPSA) is 98.2 Å². The number of Topliss-reactive ketones (excluding diaryl/α,β-unsaturated/α-hetero) is 1. The SMILES string of the molecule is CCCCCOc1ccc(C2/C(=C(\O)c3ccncc3)C(=O)C(=O)N2CCOC)cc1OC. The lowest BCUT2D eigenvalue weighted by atomic mass is 9.95. The zero-order valence-electron chi connectivity index (χ0n) is 19.2. The molecule has 1 saturated heterocycles. The molecule has 33 heavy (non-hydrogen) atoms. The van der Waals surface area contributed by atoms with Crippen LogP contribution in [0.15, 0.2) is 48.3 Å². The van der Waals surface area contributed by atoms with Crippen molar-refractivity contribution < 1.29 is 28.9 Å². The Bertz CT molecular complexity index is 1010. The fraction of sp³-hybridized carbons (Fsp3) is 0.400. The molecule has 176 valence electrons. The zero-order valence-corrected chi connectivity index (χ0v) is 19.2. The number of ketones is 1. The van der Waals surface area contributed by atoms with Crippen LogP contribution in [0.5, 0.6) is 11.5 Å². The molecule has 0 spiro atoms. The maximum absolute atomic E-state index is 13.0. The van der Waals surface area contributed by atoms with Crippen molar-refractivity contribution in [3.63, 3.8) is 0 Å². The number of nitrogens with zero attached hydrogens (tertiary/aromatic N) is 2. The number of methoxy groups -OCH3 is 2. The van der Waals surface area contributed by atoms with Crippen molar-refractivity contribution in [3.8, 4) is 11.5 Å². The van der Waals surface area contributed by atoms with Gasteiger partial charge in [-0.25, -0.2) is 0 Å². The summed E-state index contributed by atoms with van der Waals surface area (Å²) in [7, 11) is 3.06. The van der Waals surface area contributed by atoms with Gasteiger partial charge in [0.25, 0.3) is 11.7 Å². The number of likely N-dealkylation sites (tertiary alicyclic amines) is 1. The number of aliphatic hydroxyl groups is 1. The summed E-state index contributed by atoms with van der Waals surface area (Å²) >= 11 is 0. The van der Waals surface area contributed by atoms with E-state index < -0.39 is 17.7 Å². The number of ether oxygens (including phenoxy) is 3. The van der Waals surface area contributed by atoms with Gasteiger partial charge in [-0.05, 0) is 36.2 Å². The van der Waals surface area contributed by atoms with Crippen LogP contribution in [0.25, 0.3) is 5.76 Å². The Morgan fingerprint density at radius 1 is 1.06 bits per heavy atom. The lowest BCUT2D eigenvalue weighted by Crippen LogP contribution is -2.32. The molecule has 1 aromatic heterocycles. The number of rotatable bonds is 11. The summed E-state index contributed by atoms with van der Waals surface area (Å²) < 4.78 is 16.5. The number of benzene rings is 1. The second kappa shape index (κ2) is 11.5. The molecule has 1 atom stereocenters. The van der Waals surface area contributed by atoms with Crippen LogP contribution < -0.4 is 9.47 Å². The maximum Gasteiger partial charge on any atom is 0.295 e. The van der Waals surface area contributed by atoms with E-state index in [0.29, 0.717) is 29.2 Å². The van der Waals surface area contributed by atoms with Crippen LogP contribution in [0.3, 0.4) is 0 Å². The quantitative estimate of drug-likeness (QED) is 0.239. The average Bonchev–Trinajstić information content (AvgIpc) is 3.10. The van der Waals surface area contributed by atoms with Gasteiger partial charge in [0, 0.05) is 31.6 Å². The maximum atomic E-state index is 13.0. The third-order valence-electron chi connectivity index (χ3n) is 5.54. The molecule has 1 unspecified atom stereocenters. The van der Waals surface area contributed by atoms with Crippen molar-refractivity contribution in [2.45, 2.75) is 32.2 Å². The Hall–Kier alpha value is -3.39. The molecular formula is C25H30N2O6. The van der Waals surface area contributed by atoms with Gasteiger partial charge in [-0.15, -0.1) is 0 Å². The Morgan fingerprint density at radius 2 is 1.82 bits per heavy atom. The van der Waals surface area contributed by atoms with E-state index in [1.165, 1.54) is 31.5 Å². The number of hydrogen-bond acceptors (Lipinski definition) is 7. The molecule has 1 N–H and O–H groups in total. The summed E-state index contributed by atoms with van der Waals surface area (Å²) in [6.45, 7) is 3.13. The molecule has 1 aliphatic heterocycles. The van der Waals surface area contributed by atoms with Crippen LogP contribution in [0.4, 0.5) is 0 Å². The molecule has 3 rings (SSSR count). The smallest absolute Gasteiger partial charge is 0.295 e. The number of aliphatic hydroxyl groups excluding tert-OH is 1. The minimum absolute atomic E-state index is 0.0148. The third-order valence-corrected chi connectivity index (χ3v) is 5.54. The van der Waals surface area contributed by atoms with Crippen molar-refractivity contribution in [2.24, 2.45) is 0 Å². The number of pyridine rings is 1. The van der Waals surface area contributed by atoms with Gasteiger partial charge in [0.2, 0.25) is 0 Å². The lowest BCUT2D eigenvalue weighted by Gasteiger charge is -2.25. The molecule has 8 nitrogen and oxygen atoms in total. The normalized spacial score (nSPS) is 17.4. The highest BCUT2D eigenvalue weighted by molar-refractivity contribution is 6.46. The first kappa shape index (κ1) is 24.3. The third kappa shape index (κ3) is 5.34. The molecule has 0 bridgehead atoms. The minimum atomic E-state index is -0.795. The number of carbonyl (C=O) groups excluding carboxylic acids is 2. The number of unbranched alkanes of at least 4 members (excludes halogenated alkanes) is 2. The van der Waals surface area contributed by atoms with Crippen LogP contribution in [-0.2, 0) is 14.3 Å². The molecule has 0 aliphatic carbocycles. The highest BCUT2D eigenvalue weighted by atomic mass is 16.5. The monoisotopic (exact) mass is 454 g/mol. The fourth-order valence-corrected chi connectivity index (χ4v) is 3.82. The molecule has 8 heteroatoms. The van der Waals surface area contributed by atoms with E-state index in [4.69, 9.17) is 14.2 Å². The zero-order chi connectivity index (χ0) is 23.8. The van der Waals surface area contributed by atoms with Crippen LogP contribution in [0.2, 0.25) is 0 Å². The van der Waals surface area contributed by atoms with Gasteiger partial charge in [0.15, 0.2) is 11.5 Å². The van der Waals surface area contributed by atoms with Gasteiger partial charge in [-0.3, -0.25) is 14.6 Å². The van der Waals surface area contributed by atoms with E-state index in [1.54, 1.807) is 30.3 Å². The molecule has 2 aromatic rings. The van der Waals surface area contributed by atoms with Crippen LogP contribution in [0.1, 0.15) is 43.4 Å². The summed E-state index contributed by atoms with van der Waals surface area (Å²) in [4.78, 5) is 31.2. The number of amides is 1. The molecule has 1 amide bonds. The molecule has 2 heterocycles. The first-order valence-corrected chi connectivity index (χ1v) is 11.0. The fourth-order valence-electron chi connectivity index (χ4n) is 3.82. The van der Waals surface area contributed by atoms with Crippen LogP contribution in [0, 0.1) is 0 Å². The highest BCUT2D eigenvalue weighted by Gasteiger charge is 2.46. The molecular weight excluding hydrogens is 424 g/mol. The van der Waals surface area contributed by atoms with E-state index in [2.05, 4.69) is 11.9 Å². The number of carbonyl (C=O) groups is 2. The van der Waals surface area contributed by atoms with Gasteiger partial charge in [-0.2, -0.15) is 0 Å². The van der Waals surface area contributed by atoms with Gasteiger partial charge in [0.05, 0.1) is 31.9 Å². The lowest BCUT2D eigenvalue weighted by molar-refractivity contribution is -0.140. The van der Waals surface area contributed by atoms with E-state index in [1.807, 2.05) is 0 Å². The van der Waals surface area contributed by atoms with Crippen molar-refractivity contribution in [1.29, 1.82) is 0 Å². The Balaban J connectivity index is 2.04. The number of aromatic nitrogens is 1. The van der Waals surface area contributed by atoms with E-state index in [0.717, 1.165) is 19.3 Å². The van der Waals surface area contributed by atoms with Crippen molar-refractivity contribution in [1.82, 2.24) is 9.88 Å². The summed E-state index contributed by atoms with van der Waals surface area (Å²) in [6.07, 6.45) is 6.13. The van der Waals surface area contributed by atoms with E-state index in [-0.39, 0.29) is 24.5 Å². The Kier molecular flexibility index (Phi) is 8.43. The molecule has 1 aromatic carbocycles. The summed E-state index contributed by atoms with van der Waals surface area (Å²) in [6, 6.07) is 7.67. The number of hydrogen-bond donors (Lipinski definition) is 1. The summed E-state index contributed by atoms with van der Waals surface area (Å²) in [5.41, 5.74) is 1.04. The van der Waals surface area contributed by atoms with Crippen molar-refractivity contribution in [3.05, 3.63) is 59.4 Å². The second-order valence-corrected chi connectivity index (χ2v) is 7.69. The van der Waals surface area contributed by atoms with Crippen LogP contribution >= 0.6 is 0 Å². The van der Waals surface area contributed by atoms with Crippen molar-refractivity contribution >= 4 is 17.4 Å². The summed E-state index contributed by atoms with van der Waals surface area (Å²) in [5, 5.41) is 11.0. The Morgan fingerprint density at radius 3 is 2.48 bits per heavy atom. The predicted molar refractivity (Wildman–Crippen MR) is 123 cm³/mol. The molecule has 1 fully saturated rings. The average molecular weight is 455 g/mol. The minimum Gasteiger partial charge on any atom is -0.507 e. The van der Waals surface area contributed by atoms with Gasteiger partial charge < -0.3 is 24.2 Å². The standard InChI is InChI=1S/C25H30N2O6/c1-4-5-6-14-33-19-8-7-18(16-20(19)32-3)22-21(23(28)17-9-11-26-12-10-17)24(29)25(30)27(22)13-15-31-2/h7-12,16,22,28H,4-6,13-15H2,1-3H3/b23-21+. The van der Waals surface area contributed by atoms with Gasteiger partial charge in [-0.1, -0.05) is 25.8 Å². The molecule has 0 saturated carbocycles. The Labute approximate surface area is 193 Å². The summed E-state index contributed by atoms with van der Waals surface area (Å²) in [5.74, 6) is -0.610. The van der Waals surface area contributed by atoms with Crippen LogP contribution in [-0.4, -0.2) is 60.7 Å². The molecule has 0 radical (unpaired) electrons. The van der Waals surface area contributed by atoms with E-state index >= 15 is 0 Å². The molecule has 1 aliphatic rings. The van der Waals surface area contributed by atoms with Gasteiger partial charge in [0.1, 0.15) is 5.76 Å².